The maximum absolute atomic E-state index is 13.1. The molecule has 0 atom stereocenters. The third kappa shape index (κ3) is 3.72. The Kier molecular flexibility index (Phi) is 5.05. The number of hydrogen-bond donors (Lipinski definition) is 0. The summed E-state index contributed by atoms with van der Waals surface area (Å²) < 4.78 is 44.5. The Hall–Kier alpha value is -2.69. The van der Waals surface area contributed by atoms with Gasteiger partial charge < -0.3 is 9.64 Å². The number of nitro groups is 2. The zero-order valence-electron chi connectivity index (χ0n) is 14.1. The number of ether oxygens (including phenoxy) is 1. The average molecular weight is 387 g/mol. The highest BCUT2D eigenvalue weighted by atomic mass is 19.4. The molecule has 0 bridgehead atoms. The van der Waals surface area contributed by atoms with Crippen LogP contribution < -0.4 is 0 Å². The van der Waals surface area contributed by atoms with Crippen LogP contribution in [-0.2, 0) is 10.9 Å². The fraction of sp³-hybridized carbons (Fsp3) is 0.500. The Morgan fingerprint density at radius 3 is 2.04 bits per heavy atom. The van der Waals surface area contributed by atoms with E-state index in [-0.39, 0.29) is 5.56 Å². The van der Waals surface area contributed by atoms with E-state index in [4.69, 9.17) is 4.74 Å². The van der Waals surface area contributed by atoms with Crippen LogP contribution in [0.2, 0.25) is 0 Å². The van der Waals surface area contributed by atoms with Crippen molar-refractivity contribution in [1.29, 1.82) is 0 Å². The minimum absolute atomic E-state index is 0.322. The SMILES string of the molecule is O=[N+]([O-])c1cc(C(F)(F)F)cc([N+](=O)[O-])c1C1=C(N2CCOCC2)CCC1. The molecule has 0 saturated carbocycles. The van der Waals surface area contributed by atoms with E-state index in [0.717, 1.165) is 0 Å². The van der Waals surface area contributed by atoms with E-state index in [2.05, 4.69) is 0 Å². The topological polar surface area (TPSA) is 98.8 Å². The molecule has 27 heavy (non-hydrogen) atoms. The molecule has 1 aromatic rings. The zero-order chi connectivity index (χ0) is 19.8. The molecule has 1 aliphatic carbocycles. The molecule has 0 unspecified atom stereocenters. The first-order chi connectivity index (χ1) is 12.7. The first kappa shape index (κ1) is 19.1. The second-order valence-corrected chi connectivity index (χ2v) is 6.28. The van der Waals surface area contributed by atoms with Crippen molar-refractivity contribution in [2.45, 2.75) is 25.4 Å². The largest absolute Gasteiger partial charge is 0.416 e. The van der Waals surface area contributed by atoms with Gasteiger partial charge in [-0.25, -0.2) is 0 Å². The number of benzene rings is 1. The zero-order valence-corrected chi connectivity index (χ0v) is 14.1. The summed E-state index contributed by atoms with van der Waals surface area (Å²) in [5.74, 6) is 0. The van der Waals surface area contributed by atoms with Crippen LogP contribution in [0.25, 0.3) is 5.57 Å². The second kappa shape index (κ2) is 7.14. The lowest BCUT2D eigenvalue weighted by Crippen LogP contribution is -2.35. The van der Waals surface area contributed by atoms with Gasteiger partial charge in [0.15, 0.2) is 0 Å². The van der Waals surface area contributed by atoms with Gasteiger partial charge in [0.05, 0.1) is 28.6 Å². The molecule has 0 amide bonds. The molecule has 146 valence electrons. The van der Waals surface area contributed by atoms with Crippen LogP contribution in [0.15, 0.2) is 17.8 Å². The Morgan fingerprint density at radius 2 is 1.56 bits per heavy atom. The van der Waals surface area contributed by atoms with Crippen LogP contribution in [-0.4, -0.2) is 41.0 Å². The third-order valence-corrected chi connectivity index (χ3v) is 4.70. The highest BCUT2D eigenvalue weighted by molar-refractivity contribution is 5.83. The van der Waals surface area contributed by atoms with E-state index in [0.29, 0.717) is 69.0 Å². The highest BCUT2D eigenvalue weighted by Gasteiger charge is 2.40. The lowest BCUT2D eigenvalue weighted by Gasteiger charge is -2.31. The fourth-order valence-electron chi connectivity index (χ4n) is 3.55. The van der Waals surface area contributed by atoms with Crippen molar-refractivity contribution in [3.8, 4) is 0 Å². The Labute approximate surface area is 151 Å². The summed E-state index contributed by atoms with van der Waals surface area (Å²) in [6, 6.07) is 0.759. The van der Waals surface area contributed by atoms with E-state index >= 15 is 0 Å². The number of allylic oxidation sites excluding steroid dienone is 2. The molecule has 1 fully saturated rings. The molecule has 11 heteroatoms. The number of rotatable bonds is 4. The lowest BCUT2D eigenvalue weighted by atomic mass is 9.97. The van der Waals surface area contributed by atoms with Gasteiger partial charge in [0.1, 0.15) is 5.56 Å². The summed E-state index contributed by atoms with van der Waals surface area (Å²) >= 11 is 0. The molecule has 3 rings (SSSR count). The van der Waals surface area contributed by atoms with Crippen molar-refractivity contribution < 1.29 is 27.8 Å². The summed E-state index contributed by atoms with van der Waals surface area (Å²) in [5.41, 5.74) is -2.42. The van der Waals surface area contributed by atoms with Crippen LogP contribution in [0.3, 0.4) is 0 Å². The van der Waals surface area contributed by atoms with Gasteiger partial charge in [-0.05, 0) is 24.8 Å². The van der Waals surface area contributed by atoms with E-state index in [1.807, 2.05) is 4.90 Å². The molecule has 0 aromatic heterocycles. The highest BCUT2D eigenvalue weighted by Crippen LogP contribution is 2.46. The quantitative estimate of drug-likeness (QED) is 0.576. The number of halogens is 3. The van der Waals surface area contributed by atoms with Crippen LogP contribution in [0.5, 0.6) is 0 Å². The van der Waals surface area contributed by atoms with Crippen LogP contribution in [0.4, 0.5) is 24.5 Å². The molecule has 2 aliphatic rings. The predicted molar refractivity (Wildman–Crippen MR) is 87.9 cm³/mol. The molecule has 0 radical (unpaired) electrons. The average Bonchev–Trinajstić information content (AvgIpc) is 3.09. The number of nitrogens with zero attached hydrogens (tertiary/aromatic N) is 3. The number of nitro benzene ring substituents is 2. The van der Waals surface area contributed by atoms with Gasteiger partial charge in [0.2, 0.25) is 0 Å². The molecule has 1 aromatic carbocycles. The van der Waals surface area contributed by atoms with Gasteiger partial charge >= 0.3 is 6.18 Å². The third-order valence-electron chi connectivity index (χ3n) is 4.70. The maximum Gasteiger partial charge on any atom is 0.416 e. The number of alkyl halides is 3. The van der Waals surface area contributed by atoms with Gasteiger partial charge in [0.25, 0.3) is 11.4 Å². The monoisotopic (exact) mass is 387 g/mol. The molecule has 8 nitrogen and oxygen atoms in total. The lowest BCUT2D eigenvalue weighted by molar-refractivity contribution is -0.395. The minimum Gasteiger partial charge on any atom is -0.378 e. The Balaban J connectivity index is 2.24. The summed E-state index contributed by atoms with van der Waals surface area (Å²) in [5, 5.41) is 22.9. The predicted octanol–water partition coefficient (Wildman–Crippen LogP) is 3.75. The fourth-order valence-corrected chi connectivity index (χ4v) is 3.55. The molecule has 1 aliphatic heterocycles. The van der Waals surface area contributed by atoms with Crippen molar-refractivity contribution in [2.24, 2.45) is 0 Å². The van der Waals surface area contributed by atoms with Crippen molar-refractivity contribution in [3.05, 3.63) is 49.2 Å². The second-order valence-electron chi connectivity index (χ2n) is 6.28. The van der Waals surface area contributed by atoms with E-state index in [1.54, 1.807) is 0 Å². The molecule has 0 N–H and O–H groups in total. The summed E-state index contributed by atoms with van der Waals surface area (Å²) in [6.07, 6.45) is -3.41. The smallest absolute Gasteiger partial charge is 0.378 e. The minimum atomic E-state index is -4.93. The van der Waals surface area contributed by atoms with Gasteiger partial charge in [-0.1, -0.05) is 0 Å². The number of morpholine rings is 1. The van der Waals surface area contributed by atoms with Crippen molar-refractivity contribution in [2.75, 3.05) is 26.3 Å². The summed E-state index contributed by atoms with van der Waals surface area (Å²) in [6.45, 7) is 1.96. The normalized spacial score (nSPS) is 18.1. The first-order valence-corrected chi connectivity index (χ1v) is 8.29. The van der Waals surface area contributed by atoms with Crippen molar-refractivity contribution >= 4 is 16.9 Å². The van der Waals surface area contributed by atoms with Gasteiger partial charge in [-0.3, -0.25) is 20.2 Å². The molecule has 1 heterocycles. The van der Waals surface area contributed by atoms with E-state index in [1.165, 1.54) is 0 Å². The first-order valence-electron chi connectivity index (χ1n) is 8.29. The standard InChI is InChI=1S/C16H16F3N3O5/c17-16(18,19)10-8-13(21(23)24)15(14(9-10)22(25)26)11-2-1-3-12(11)20-4-6-27-7-5-20/h8-9H,1-7H2. The van der Waals surface area contributed by atoms with Crippen LogP contribution >= 0.6 is 0 Å². The Bertz CT molecular complexity index is 781. The van der Waals surface area contributed by atoms with Crippen molar-refractivity contribution in [3.63, 3.8) is 0 Å². The van der Waals surface area contributed by atoms with Gasteiger partial charge in [0, 0.05) is 30.9 Å². The summed E-state index contributed by atoms with van der Waals surface area (Å²) in [7, 11) is 0. The molecule has 1 saturated heterocycles. The van der Waals surface area contributed by atoms with Gasteiger partial charge in [-0.2, -0.15) is 13.2 Å². The van der Waals surface area contributed by atoms with Crippen LogP contribution in [0.1, 0.15) is 30.4 Å². The van der Waals surface area contributed by atoms with Crippen LogP contribution in [0, 0.1) is 20.2 Å². The van der Waals surface area contributed by atoms with E-state index < -0.39 is 33.0 Å². The Morgan fingerprint density at radius 1 is 1.00 bits per heavy atom. The van der Waals surface area contributed by atoms with Gasteiger partial charge in [-0.15, -0.1) is 0 Å². The van der Waals surface area contributed by atoms with Crippen molar-refractivity contribution in [1.82, 2.24) is 4.90 Å². The number of hydrogen-bond acceptors (Lipinski definition) is 6. The summed E-state index contributed by atoms with van der Waals surface area (Å²) in [4.78, 5) is 22.9. The molecular formula is C16H16F3N3O5. The molecular weight excluding hydrogens is 371 g/mol. The van der Waals surface area contributed by atoms with E-state index in [9.17, 15) is 33.4 Å². The molecule has 0 spiro atoms. The maximum atomic E-state index is 13.1.